The molecular weight excluding hydrogens is 350 g/mol. The molecule has 3 rings (SSSR count). The lowest BCUT2D eigenvalue weighted by molar-refractivity contribution is -0.132. The first kappa shape index (κ1) is 18.5. The van der Waals surface area contributed by atoms with E-state index in [-0.39, 0.29) is 17.7 Å². The predicted octanol–water partition coefficient (Wildman–Crippen LogP) is 3.26. The van der Waals surface area contributed by atoms with E-state index in [1.165, 1.54) is 5.56 Å². The van der Waals surface area contributed by atoms with Crippen molar-refractivity contribution in [3.63, 3.8) is 0 Å². The lowest BCUT2D eigenvalue weighted by atomic mass is 9.96. The molecule has 0 spiro atoms. The van der Waals surface area contributed by atoms with Crippen LogP contribution in [0.5, 0.6) is 0 Å². The summed E-state index contributed by atoms with van der Waals surface area (Å²) in [6, 6.07) is 9.76. The van der Waals surface area contributed by atoms with Gasteiger partial charge in [-0.3, -0.25) is 9.59 Å². The summed E-state index contributed by atoms with van der Waals surface area (Å²) < 4.78 is 4.95. The minimum absolute atomic E-state index is 0.0558. The van der Waals surface area contributed by atoms with Crippen molar-refractivity contribution in [3.8, 4) is 0 Å². The summed E-state index contributed by atoms with van der Waals surface area (Å²) in [5.74, 6) is 1.51. The first-order valence-electron chi connectivity index (χ1n) is 8.73. The number of aromatic nitrogens is 1. The van der Waals surface area contributed by atoms with Gasteiger partial charge in [-0.05, 0) is 38.3 Å². The van der Waals surface area contributed by atoms with Gasteiger partial charge >= 0.3 is 0 Å². The van der Waals surface area contributed by atoms with Crippen LogP contribution >= 0.6 is 11.8 Å². The molecule has 26 heavy (non-hydrogen) atoms. The molecule has 138 valence electrons. The van der Waals surface area contributed by atoms with Crippen molar-refractivity contribution in [2.75, 3.05) is 24.2 Å². The fraction of sp³-hybridized carbons (Fsp3) is 0.421. The Kier molecular flexibility index (Phi) is 5.98. The van der Waals surface area contributed by atoms with Crippen molar-refractivity contribution >= 4 is 29.4 Å². The number of piperidine rings is 1. The average molecular weight is 373 g/mol. The highest BCUT2D eigenvalue weighted by molar-refractivity contribution is 8.00. The predicted molar refractivity (Wildman–Crippen MR) is 101 cm³/mol. The number of likely N-dealkylation sites (tertiary alicyclic amines) is 1. The van der Waals surface area contributed by atoms with E-state index in [2.05, 4.69) is 10.5 Å². The SMILES string of the molecule is Cc1cc(NC(=O)C2CCN(C(=O)CSc3ccccc3C)CC2)no1. The molecule has 1 aromatic heterocycles. The van der Waals surface area contributed by atoms with Gasteiger partial charge < -0.3 is 14.7 Å². The van der Waals surface area contributed by atoms with Gasteiger partial charge in [0.25, 0.3) is 0 Å². The smallest absolute Gasteiger partial charge is 0.232 e. The summed E-state index contributed by atoms with van der Waals surface area (Å²) >= 11 is 1.57. The van der Waals surface area contributed by atoms with Gasteiger partial charge in [0, 0.05) is 30.0 Å². The Morgan fingerprint density at radius 3 is 2.65 bits per heavy atom. The summed E-state index contributed by atoms with van der Waals surface area (Å²) in [5, 5.41) is 6.56. The Balaban J connectivity index is 1.44. The second-order valence-corrected chi connectivity index (χ2v) is 7.54. The Hall–Kier alpha value is -2.28. The number of carbonyl (C=O) groups excluding carboxylic acids is 2. The number of anilines is 1. The summed E-state index contributed by atoms with van der Waals surface area (Å²) in [5.41, 5.74) is 1.18. The molecule has 1 saturated heterocycles. The normalized spacial score (nSPS) is 15.1. The van der Waals surface area contributed by atoms with Gasteiger partial charge in [0.15, 0.2) is 5.82 Å². The lowest BCUT2D eigenvalue weighted by Gasteiger charge is -2.31. The molecule has 2 amide bonds. The van der Waals surface area contributed by atoms with Crippen LogP contribution in [0.15, 0.2) is 39.8 Å². The van der Waals surface area contributed by atoms with E-state index in [4.69, 9.17) is 4.52 Å². The standard InChI is InChI=1S/C19H23N3O3S/c1-13-5-3-4-6-16(13)26-12-18(23)22-9-7-15(8-10-22)19(24)20-17-11-14(2)25-21-17/h3-6,11,15H,7-10,12H2,1-2H3,(H,20,21,24). The van der Waals surface area contributed by atoms with Gasteiger partial charge in [-0.25, -0.2) is 0 Å². The fourth-order valence-electron chi connectivity index (χ4n) is 2.99. The van der Waals surface area contributed by atoms with Crippen LogP contribution in [0.3, 0.4) is 0 Å². The van der Waals surface area contributed by atoms with Crippen LogP contribution in [-0.2, 0) is 9.59 Å². The molecule has 7 heteroatoms. The molecule has 6 nitrogen and oxygen atoms in total. The van der Waals surface area contributed by atoms with Gasteiger partial charge in [-0.1, -0.05) is 23.4 Å². The molecule has 0 bridgehead atoms. The zero-order valence-corrected chi connectivity index (χ0v) is 15.8. The summed E-state index contributed by atoms with van der Waals surface area (Å²) in [6.45, 7) is 5.06. The van der Waals surface area contributed by atoms with Crippen molar-refractivity contribution in [2.45, 2.75) is 31.6 Å². The molecule has 0 radical (unpaired) electrons. The van der Waals surface area contributed by atoms with Crippen LogP contribution in [0.4, 0.5) is 5.82 Å². The quantitative estimate of drug-likeness (QED) is 0.814. The summed E-state index contributed by atoms with van der Waals surface area (Å²) in [7, 11) is 0. The van der Waals surface area contributed by atoms with E-state index >= 15 is 0 Å². The fourth-order valence-corrected chi connectivity index (χ4v) is 3.93. The number of nitrogens with one attached hydrogen (secondary N) is 1. The van der Waals surface area contributed by atoms with E-state index < -0.39 is 0 Å². The van der Waals surface area contributed by atoms with E-state index in [0.29, 0.717) is 43.3 Å². The highest BCUT2D eigenvalue weighted by Crippen LogP contribution is 2.24. The number of carbonyl (C=O) groups is 2. The molecule has 0 atom stereocenters. The van der Waals surface area contributed by atoms with Crippen LogP contribution in [0.1, 0.15) is 24.2 Å². The third kappa shape index (κ3) is 4.66. The molecule has 2 heterocycles. The van der Waals surface area contributed by atoms with Crippen LogP contribution in [-0.4, -0.2) is 40.7 Å². The third-order valence-electron chi connectivity index (χ3n) is 4.54. The Morgan fingerprint density at radius 1 is 1.27 bits per heavy atom. The molecule has 1 aliphatic rings. The van der Waals surface area contributed by atoms with Crippen LogP contribution in [0.2, 0.25) is 0 Å². The number of benzene rings is 1. The number of hydrogen-bond acceptors (Lipinski definition) is 5. The van der Waals surface area contributed by atoms with Crippen molar-refractivity contribution in [1.82, 2.24) is 10.1 Å². The molecule has 1 aromatic carbocycles. The van der Waals surface area contributed by atoms with Gasteiger partial charge in [0.2, 0.25) is 11.8 Å². The molecule has 0 saturated carbocycles. The highest BCUT2D eigenvalue weighted by atomic mass is 32.2. The van der Waals surface area contributed by atoms with Crippen molar-refractivity contribution in [1.29, 1.82) is 0 Å². The van der Waals surface area contributed by atoms with Gasteiger partial charge in [0.05, 0.1) is 5.75 Å². The third-order valence-corrected chi connectivity index (χ3v) is 5.70. The van der Waals surface area contributed by atoms with Crippen molar-refractivity contribution < 1.29 is 14.1 Å². The van der Waals surface area contributed by atoms with Crippen molar-refractivity contribution in [2.24, 2.45) is 5.92 Å². The minimum atomic E-state index is -0.0972. The first-order valence-corrected chi connectivity index (χ1v) is 9.72. The highest BCUT2D eigenvalue weighted by Gasteiger charge is 2.27. The van der Waals surface area contributed by atoms with E-state index in [9.17, 15) is 9.59 Å². The average Bonchev–Trinajstić information content (AvgIpc) is 3.05. The second-order valence-electron chi connectivity index (χ2n) is 6.52. The van der Waals surface area contributed by atoms with Crippen LogP contribution < -0.4 is 5.32 Å². The Morgan fingerprint density at radius 2 is 2.00 bits per heavy atom. The Bertz CT molecular complexity index is 782. The number of hydrogen-bond donors (Lipinski definition) is 1. The number of amides is 2. The number of thioether (sulfide) groups is 1. The van der Waals surface area contributed by atoms with Gasteiger partial charge in [-0.2, -0.15) is 0 Å². The first-order chi connectivity index (χ1) is 12.5. The number of rotatable bonds is 5. The summed E-state index contributed by atoms with van der Waals surface area (Å²) in [4.78, 5) is 27.7. The van der Waals surface area contributed by atoms with E-state index in [1.807, 2.05) is 36.1 Å². The van der Waals surface area contributed by atoms with Crippen LogP contribution in [0.25, 0.3) is 0 Å². The Labute approximate surface area is 157 Å². The second kappa shape index (κ2) is 8.40. The minimum Gasteiger partial charge on any atom is -0.360 e. The monoisotopic (exact) mass is 373 g/mol. The maximum atomic E-state index is 12.4. The maximum Gasteiger partial charge on any atom is 0.232 e. The number of aryl methyl sites for hydroxylation is 2. The molecule has 2 aromatic rings. The molecule has 1 aliphatic heterocycles. The largest absolute Gasteiger partial charge is 0.360 e. The lowest BCUT2D eigenvalue weighted by Crippen LogP contribution is -2.42. The topological polar surface area (TPSA) is 75.4 Å². The maximum absolute atomic E-state index is 12.4. The van der Waals surface area contributed by atoms with Crippen molar-refractivity contribution in [3.05, 3.63) is 41.7 Å². The van der Waals surface area contributed by atoms with Gasteiger partial charge in [0.1, 0.15) is 5.76 Å². The molecule has 0 aliphatic carbocycles. The summed E-state index contributed by atoms with van der Waals surface area (Å²) in [6.07, 6.45) is 1.34. The van der Waals surface area contributed by atoms with E-state index in [0.717, 1.165) is 4.90 Å². The molecule has 1 fully saturated rings. The molecular formula is C19H23N3O3S. The van der Waals surface area contributed by atoms with Gasteiger partial charge in [-0.15, -0.1) is 11.8 Å². The number of nitrogens with zero attached hydrogens (tertiary/aromatic N) is 2. The zero-order valence-electron chi connectivity index (χ0n) is 15.0. The zero-order chi connectivity index (χ0) is 18.5. The van der Waals surface area contributed by atoms with E-state index in [1.54, 1.807) is 24.8 Å². The van der Waals surface area contributed by atoms with Crippen LogP contribution in [0, 0.1) is 19.8 Å². The molecule has 0 unspecified atom stereocenters. The molecule has 1 N–H and O–H groups in total.